The van der Waals surface area contributed by atoms with Gasteiger partial charge >= 0.3 is 0 Å². The Hall–Kier alpha value is -2.42. The predicted molar refractivity (Wildman–Crippen MR) is 93.1 cm³/mol. The standard InChI is InChI=1S/C17H27N5O4/c1-12(23)18-9-5-4-6-13(15(24)20-26)22(3)16(25)17(7-8-17)14-10-21(2)11-19-14/h10-11,13,26H,4-9H2,1-3H3,(H,18,23)(H,20,24). The lowest BCUT2D eigenvalue weighted by molar-refractivity contribution is -0.145. The number of hydrogen-bond donors (Lipinski definition) is 3. The number of aryl methyl sites for hydroxylation is 1. The number of aromatic nitrogens is 2. The van der Waals surface area contributed by atoms with Gasteiger partial charge in [0.1, 0.15) is 6.04 Å². The molecule has 1 heterocycles. The summed E-state index contributed by atoms with van der Waals surface area (Å²) in [6, 6.07) is -0.772. The fourth-order valence-corrected chi connectivity index (χ4v) is 3.15. The van der Waals surface area contributed by atoms with E-state index in [-0.39, 0.29) is 11.8 Å². The summed E-state index contributed by atoms with van der Waals surface area (Å²) >= 11 is 0. The van der Waals surface area contributed by atoms with Gasteiger partial charge in [-0.1, -0.05) is 0 Å². The van der Waals surface area contributed by atoms with Gasteiger partial charge in [0.25, 0.3) is 5.91 Å². The van der Waals surface area contributed by atoms with Gasteiger partial charge in [0.05, 0.1) is 17.4 Å². The summed E-state index contributed by atoms with van der Waals surface area (Å²) in [6.07, 6.45) is 6.59. The first-order valence-electron chi connectivity index (χ1n) is 8.76. The normalized spacial score (nSPS) is 15.8. The minimum Gasteiger partial charge on any atom is -0.356 e. The van der Waals surface area contributed by atoms with Crippen LogP contribution in [0.4, 0.5) is 0 Å². The van der Waals surface area contributed by atoms with Gasteiger partial charge in [-0.25, -0.2) is 10.5 Å². The molecule has 0 aromatic carbocycles. The molecule has 1 aliphatic rings. The number of amides is 3. The minimum absolute atomic E-state index is 0.104. The molecule has 1 aromatic heterocycles. The molecule has 9 nitrogen and oxygen atoms in total. The number of carbonyl (C=O) groups excluding carboxylic acids is 3. The van der Waals surface area contributed by atoms with E-state index in [0.717, 1.165) is 0 Å². The van der Waals surface area contributed by atoms with Crippen LogP contribution in [0.2, 0.25) is 0 Å². The van der Waals surface area contributed by atoms with Gasteiger partial charge in [-0.3, -0.25) is 19.6 Å². The van der Waals surface area contributed by atoms with Crippen LogP contribution in [0.15, 0.2) is 12.5 Å². The smallest absolute Gasteiger partial charge is 0.266 e. The van der Waals surface area contributed by atoms with Gasteiger partial charge in [-0.15, -0.1) is 0 Å². The van der Waals surface area contributed by atoms with Crippen molar-refractivity contribution in [3.8, 4) is 0 Å². The maximum absolute atomic E-state index is 13.0. The van der Waals surface area contributed by atoms with Crippen LogP contribution >= 0.6 is 0 Å². The number of hydroxylamine groups is 1. The molecule has 0 bridgehead atoms. The molecule has 1 aromatic rings. The van der Waals surface area contributed by atoms with E-state index < -0.39 is 17.4 Å². The molecule has 144 valence electrons. The Balaban J connectivity index is 2.01. The highest BCUT2D eigenvalue weighted by atomic mass is 16.5. The maximum atomic E-state index is 13.0. The van der Waals surface area contributed by atoms with Crippen LogP contribution in [0.3, 0.4) is 0 Å². The van der Waals surface area contributed by atoms with Gasteiger partial charge in [-0.05, 0) is 32.1 Å². The van der Waals surface area contributed by atoms with E-state index in [2.05, 4.69) is 10.3 Å². The van der Waals surface area contributed by atoms with Gasteiger partial charge in [0.15, 0.2) is 0 Å². The third-order valence-electron chi connectivity index (χ3n) is 4.83. The van der Waals surface area contributed by atoms with E-state index in [1.165, 1.54) is 11.8 Å². The third-order valence-corrected chi connectivity index (χ3v) is 4.83. The third kappa shape index (κ3) is 4.40. The number of rotatable bonds is 9. The fraction of sp³-hybridized carbons (Fsp3) is 0.647. The molecule has 0 aliphatic heterocycles. The number of likely N-dealkylation sites (N-methyl/N-ethyl adjacent to an activating group) is 1. The second kappa shape index (κ2) is 8.31. The molecule has 9 heteroatoms. The first-order chi connectivity index (χ1) is 12.3. The topological polar surface area (TPSA) is 117 Å². The molecule has 0 spiro atoms. The van der Waals surface area contributed by atoms with Gasteiger partial charge < -0.3 is 14.8 Å². The highest BCUT2D eigenvalue weighted by Crippen LogP contribution is 2.49. The Morgan fingerprint density at radius 1 is 1.38 bits per heavy atom. The Morgan fingerprint density at radius 2 is 2.08 bits per heavy atom. The van der Waals surface area contributed by atoms with Crippen molar-refractivity contribution in [1.82, 2.24) is 25.2 Å². The number of nitrogens with zero attached hydrogens (tertiary/aromatic N) is 3. The van der Waals surface area contributed by atoms with Crippen LogP contribution in [0.5, 0.6) is 0 Å². The Labute approximate surface area is 152 Å². The Kier molecular flexibility index (Phi) is 6.36. The van der Waals surface area contributed by atoms with E-state index in [4.69, 9.17) is 5.21 Å². The first-order valence-corrected chi connectivity index (χ1v) is 8.76. The van der Waals surface area contributed by atoms with E-state index in [1.54, 1.807) is 23.4 Å². The van der Waals surface area contributed by atoms with Crippen LogP contribution in [-0.2, 0) is 26.8 Å². The summed E-state index contributed by atoms with van der Waals surface area (Å²) in [5.41, 5.74) is 1.70. The molecule has 26 heavy (non-hydrogen) atoms. The van der Waals surface area contributed by atoms with E-state index >= 15 is 0 Å². The second-order valence-corrected chi connectivity index (χ2v) is 6.89. The number of imidazole rings is 1. The zero-order chi connectivity index (χ0) is 19.3. The van der Waals surface area contributed by atoms with E-state index in [9.17, 15) is 14.4 Å². The first kappa shape index (κ1) is 19.9. The van der Waals surface area contributed by atoms with Crippen molar-refractivity contribution in [2.45, 2.75) is 50.5 Å². The zero-order valence-corrected chi connectivity index (χ0v) is 15.5. The zero-order valence-electron chi connectivity index (χ0n) is 15.5. The summed E-state index contributed by atoms with van der Waals surface area (Å²) in [4.78, 5) is 41.7. The van der Waals surface area contributed by atoms with E-state index in [1.807, 2.05) is 13.2 Å². The summed E-state index contributed by atoms with van der Waals surface area (Å²) < 4.78 is 1.79. The number of unbranched alkanes of at least 4 members (excludes halogenated alkanes) is 1. The molecule has 3 amide bonds. The molecular weight excluding hydrogens is 338 g/mol. The quantitative estimate of drug-likeness (QED) is 0.326. The molecule has 0 radical (unpaired) electrons. The van der Waals surface area contributed by atoms with Gasteiger partial charge in [-0.2, -0.15) is 0 Å². The van der Waals surface area contributed by atoms with Crippen molar-refractivity contribution < 1.29 is 19.6 Å². The molecule has 1 aliphatic carbocycles. The molecule has 1 fully saturated rings. The number of carbonyl (C=O) groups is 3. The van der Waals surface area contributed by atoms with Crippen molar-refractivity contribution in [2.24, 2.45) is 7.05 Å². The Morgan fingerprint density at radius 3 is 2.58 bits per heavy atom. The monoisotopic (exact) mass is 365 g/mol. The molecule has 2 rings (SSSR count). The molecular formula is C17H27N5O4. The fourth-order valence-electron chi connectivity index (χ4n) is 3.15. The average Bonchev–Trinajstić information content (AvgIpc) is 3.31. The molecule has 3 N–H and O–H groups in total. The molecule has 1 saturated carbocycles. The Bertz CT molecular complexity index is 668. The SMILES string of the molecule is CC(=O)NCCCCC(C(=O)NO)N(C)C(=O)C1(c2cn(C)cn2)CC1. The average molecular weight is 365 g/mol. The molecule has 1 atom stereocenters. The van der Waals surface area contributed by atoms with E-state index in [0.29, 0.717) is 44.3 Å². The van der Waals surface area contributed by atoms with Gasteiger partial charge in [0, 0.05) is 33.8 Å². The highest BCUT2D eigenvalue weighted by Gasteiger charge is 2.55. The van der Waals surface area contributed by atoms with Crippen molar-refractivity contribution in [2.75, 3.05) is 13.6 Å². The van der Waals surface area contributed by atoms with Crippen molar-refractivity contribution >= 4 is 17.7 Å². The van der Waals surface area contributed by atoms with Gasteiger partial charge in [0.2, 0.25) is 11.8 Å². The minimum atomic E-state index is -0.772. The highest BCUT2D eigenvalue weighted by molar-refractivity contribution is 5.94. The summed E-state index contributed by atoms with van der Waals surface area (Å²) in [5.74, 6) is -0.878. The van der Waals surface area contributed by atoms with Crippen molar-refractivity contribution in [3.63, 3.8) is 0 Å². The summed E-state index contributed by atoms with van der Waals surface area (Å²) in [7, 11) is 3.43. The summed E-state index contributed by atoms with van der Waals surface area (Å²) in [5, 5.41) is 11.7. The van der Waals surface area contributed by atoms with Crippen LogP contribution < -0.4 is 10.8 Å². The van der Waals surface area contributed by atoms with Crippen LogP contribution in [-0.4, -0.2) is 57.0 Å². The largest absolute Gasteiger partial charge is 0.356 e. The van der Waals surface area contributed by atoms with Crippen LogP contribution in [0, 0.1) is 0 Å². The number of nitrogens with one attached hydrogen (secondary N) is 2. The summed E-state index contributed by atoms with van der Waals surface area (Å²) in [6.45, 7) is 1.96. The molecule has 1 unspecified atom stereocenters. The molecule has 0 saturated heterocycles. The maximum Gasteiger partial charge on any atom is 0.266 e. The van der Waals surface area contributed by atoms with Crippen LogP contribution in [0.25, 0.3) is 0 Å². The lowest BCUT2D eigenvalue weighted by Crippen LogP contribution is -2.50. The predicted octanol–water partition coefficient (Wildman–Crippen LogP) is 0.0905. The van der Waals surface area contributed by atoms with Crippen molar-refractivity contribution in [3.05, 3.63) is 18.2 Å². The lowest BCUT2D eigenvalue weighted by atomic mass is 9.99. The van der Waals surface area contributed by atoms with Crippen molar-refractivity contribution in [1.29, 1.82) is 0 Å². The number of hydrogen-bond acceptors (Lipinski definition) is 5. The lowest BCUT2D eigenvalue weighted by Gasteiger charge is -2.29. The second-order valence-electron chi connectivity index (χ2n) is 6.89. The van der Waals surface area contributed by atoms with Crippen LogP contribution in [0.1, 0.15) is 44.7 Å².